The van der Waals surface area contributed by atoms with Gasteiger partial charge in [-0.25, -0.2) is 9.18 Å². The molecular formula is C27H34FN3O6. The third kappa shape index (κ3) is 6.55. The van der Waals surface area contributed by atoms with Crippen LogP contribution < -0.4 is 10.1 Å². The molecule has 37 heavy (non-hydrogen) atoms. The maximum Gasteiger partial charge on any atom is 0.408 e. The first kappa shape index (κ1) is 27.9. The van der Waals surface area contributed by atoms with Gasteiger partial charge in [0.1, 0.15) is 11.4 Å². The molecule has 1 unspecified atom stereocenters. The van der Waals surface area contributed by atoms with Gasteiger partial charge in [-0.2, -0.15) is 0 Å². The SMILES string of the molecule is CC1(C)CCC(N(C(=O)O)C(c2ccc(Oc3cc(NC=O)c([N+](=O)[O-])cc3F)cc2)C(C)(C)C)CC1. The predicted molar refractivity (Wildman–Crippen MR) is 137 cm³/mol. The van der Waals surface area contributed by atoms with Crippen molar-refractivity contribution in [3.8, 4) is 11.5 Å². The summed E-state index contributed by atoms with van der Waals surface area (Å²) in [6.07, 6.45) is 2.79. The number of nitro benzene ring substituents is 1. The zero-order valence-electron chi connectivity index (χ0n) is 21.8. The van der Waals surface area contributed by atoms with Crippen molar-refractivity contribution < 1.29 is 28.7 Å². The van der Waals surface area contributed by atoms with Gasteiger partial charge in [-0.3, -0.25) is 19.8 Å². The van der Waals surface area contributed by atoms with E-state index in [4.69, 9.17) is 4.74 Å². The first-order chi connectivity index (χ1) is 17.2. The van der Waals surface area contributed by atoms with Crippen LogP contribution >= 0.6 is 0 Å². The Morgan fingerprint density at radius 1 is 1.24 bits per heavy atom. The third-order valence-electron chi connectivity index (χ3n) is 6.91. The number of ether oxygens (including phenoxy) is 1. The number of nitrogens with zero attached hydrogens (tertiary/aromatic N) is 2. The molecule has 0 aromatic heterocycles. The Labute approximate surface area is 215 Å². The van der Waals surface area contributed by atoms with Gasteiger partial charge >= 0.3 is 6.09 Å². The summed E-state index contributed by atoms with van der Waals surface area (Å²) in [5, 5.41) is 23.6. The van der Waals surface area contributed by atoms with E-state index in [2.05, 4.69) is 19.2 Å². The Balaban J connectivity index is 1.90. The molecule has 1 aliphatic carbocycles. The average molecular weight is 516 g/mol. The number of rotatable bonds is 8. The summed E-state index contributed by atoms with van der Waals surface area (Å²) in [7, 11) is 0. The summed E-state index contributed by atoms with van der Waals surface area (Å²) in [6.45, 7) is 10.4. The number of anilines is 1. The van der Waals surface area contributed by atoms with Crippen molar-refractivity contribution in [2.45, 2.75) is 72.4 Å². The molecule has 0 radical (unpaired) electrons. The van der Waals surface area contributed by atoms with Crippen LogP contribution in [0.25, 0.3) is 0 Å². The second-order valence-electron chi connectivity index (χ2n) is 11.3. The molecule has 1 aliphatic rings. The van der Waals surface area contributed by atoms with Crippen LogP contribution in [-0.4, -0.2) is 33.5 Å². The van der Waals surface area contributed by atoms with E-state index >= 15 is 0 Å². The van der Waals surface area contributed by atoms with E-state index < -0.39 is 34.0 Å². The summed E-state index contributed by atoms with van der Waals surface area (Å²) in [5.41, 5.74) is -0.230. The summed E-state index contributed by atoms with van der Waals surface area (Å²) in [4.78, 5) is 35.3. The fourth-order valence-corrected chi connectivity index (χ4v) is 5.01. The van der Waals surface area contributed by atoms with E-state index in [-0.39, 0.29) is 35.1 Å². The van der Waals surface area contributed by atoms with E-state index in [1.165, 1.54) is 0 Å². The van der Waals surface area contributed by atoms with E-state index in [1.54, 1.807) is 29.2 Å². The van der Waals surface area contributed by atoms with Gasteiger partial charge in [0.2, 0.25) is 6.41 Å². The Hall–Kier alpha value is -3.69. The predicted octanol–water partition coefficient (Wildman–Crippen LogP) is 7.13. The van der Waals surface area contributed by atoms with Crippen LogP contribution in [0.1, 0.15) is 71.9 Å². The van der Waals surface area contributed by atoms with Gasteiger partial charge in [-0.15, -0.1) is 0 Å². The van der Waals surface area contributed by atoms with Gasteiger partial charge in [0, 0.05) is 12.1 Å². The Kier molecular flexibility index (Phi) is 8.09. The summed E-state index contributed by atoms with van der Waals surface area (Å²) in [6, 6.07) is 7.92. The van der Waals surface area contributed by atoms with Crippen molar-refractivity contribution >= 4 is 23.9 Å². The topological polar surface area (TPSA) is 122 Å². The quantitative estimate of drug-likeness (QED) is 0.219. The molecule has 10 heteroatoms. The average Bonchev–Trinajstić information content (AvgIpc) is 2.79. The monoisotopic (exact) mass is 515 g/mol. The highest BCUT2D eigenvalue weighted by Crippen LogP contribution is 2.45. The lowest BCUT2D eigenvalue weighted by Crippen LogP contribution is -2.48. The van der Waals surface area contributed by atoms with Crippen molar-refractivity contribution in [3.63, 3.8) is 0 Å². The van der Waals surface area contributed by atoms with E-state index in [1.807, 2.05) is 20.8 Å². The van der Waals surface area contributed by atoms with Crippen molar-refractivity contribution in [1.82, 2.24) is 4.90 Å². The zero-order valence-corrected chi connectivity index (χ0v) is 21.8. The lowest BCUT2D eigenvalue weighted by atomic mass is 9.73. The number of hydrogen-bond donors (Lipinski definition) is 2. The molecule has 3 rings (SSSR count). The van der Waals surface area contributed by atoms with Gasteiger partial charge in [-0.05, 0) is 54.2 Å². The van der Waals surface area contributed by atoms with Crippen LogP contribution in [0.2, 0.25) is 0 Å². The minimum absolute atomic E-state index is 0.0939. The van der Waals surface area contributed by atoms with Gasteiger partial charge in [0.25, 0.3) is 5.69 Å². The first-order valence-electron chi connectivity index (χ1n) is 12.2. The smallest absolute Gasteiger partial charge is 0.408 e. The summed E-state index contributed by atoms with van der Waals surface area (Å²) in [5.74, 6) is -1.01. The number of nitrogens with one attached hydrogen (secondary N) is 1. The minimum atomic E-state index is -0.965. The Morgan fingerprint density at radius 2 is 1.84 bits per heavy atom. The number of carboxylic acid groups (broad SMARTS) is 1. The van der Waals surface area contributed by atoms with Gasteiger partial charge in [0.15, 0.2) is 11.6 Å². The molecule has 0 bridgehead atoms. The van der Waals surface area contributed by atoms with Gasteiger partial charge in [0.05, 0.1) is 17.0 Å². The molecule has 1 atom stereocenters. The highest BCUT2D eigenvalue weighted by molar-refractivity contribution is 5.78. The van der Waals surface area contributed by atoms with Crippen molar-refractivity contribution in [1.29, 1.82) is 0 Å². The van der Waals surface area contributed by atoms with Crippen molar-refractivity contribution in [3.05, 3.63) is 57.9 Å². The number of benzene rings is 2. The molecular weight excluding hydrogens is 481 g/mol. The van der Waals surface area contributed by atoms with Crippen LogP contribution in [0.15, 0.2) is 36.4 Å². The van der Waals surface area contributed by atoms with E-state index in [0.717, 1.165) is 37.3 Å². The molecule has 2 aromatic carbocycles. The molecule has 0 saturated heterocycles. The van der Waals surface area contributed by atoms with Crippen LogP contribution in [0.5, 0.6) is 11.5 Å². The molecule has 2 amide bonds. The minimum Gasteiger partial charge on any atom is -0.465 e. The fourth-order valence-electron chi connectivity index (χ4n) is 5.01. The highest BCUT2D eigenvalue weighted by Gasteiger charge is 2.41. The second kappa shape index (κ2) is 10.7. The Bertz CT molecular complexity index is 1150. The maximum atomic E-state index is 14.5. The number of carbonyl (C=O) groups excluding carboxylic acids is 1. The fraction of sp³-hybridized carbons (Fsp3) is 0.481. The van der Waals surface area contributed by atoms with Gasteiger partial charge < -0.3 is 15.2 Å². The van der Waals surface area contributed by atoms with Crippen molar-refractivity contribution in [2.75, 3.05) is 5.32 Å². The first-order valence-corrected chi connectivity index (χ1v) is 12.2. The molecule has 9 nitrogen and oxygen atoms in total. The molecule has 1 saturated carbocycles. The van der Waals surface area contributed by atoms with Crippen LogP contribution in [0.3, 0.4) is 0 Å². The molecule has 0 heterocycles. The van der Waals surface area contributed by atoms with Crippen LogP contribution in [0, 0.1) is 26.8 Å². The summed E-state index contributed by atoms with van der Waals surface area (Å²) < 4.78 is 20.1. The zero-order chi connectivity index (χ0) is 27.5. The maximum absolute atomic E-state index is 14.5. The lowest BCUT2D eigenvalue weighted by molar-refractivity contribution is -0.384. The van der Waals surface area contributed by atoms with Gasteiger partial charge in [-0.1, -0.05) is 46.8 Å². The van der Waals surface area contributed by atoms with Crippen LogP contribution in [-0.2, 0) is 4.79 Å². The largest absolute Gasteiger partial charge is 0.465 e. The molecule has 200 valence electrons. The summed E-state index contributed by atoms with van der Waals surface area (Å²) >= 11 is 0. The molecule has 0 spiro atoms. The highest BCUT2D eigenvalue weighted by atomic mass is 19.1. The molecule has 2 aromatic rings. The normalized spacial score (nSPS) is 16.5. The number of carbonyl (C=O) groups is 2. The molecule has 2 N–H and O–H groups in total. The Morgan fingerprint density at radius 3 is 2.32 bits per heavy atom. The number of halogens is 1. The van der Waals surface area contributed by atoms with E-state index in [9.17, 15) is 29.2 Å². The van der Waals surface area contributed by atoms with Crippen molar-refractivity contribution in [2.24, 2.45) is 10.8 Å². The standard InChI is InChI=1S/C27H34FN3O6/c1-26(2,3)24(30(25(33)34)18-10-12-27(4,5)13-11-18)17-6-8-19(9-7-17)37-23-15-21(29-16-32)22(31(35)36)14-20(23)28/h6-9,14-16,18,24H,10-13H2,1-5H3,(H,29,32)(H,33,34). The number of hydrogen-bond acceptors (Lipinski definition) is 5. The second-order valence-corrected chi connectivity index (χ2v) is 11.3. The number of nitro groups is 1. The molecule has 0 aliphatic heterocycles. The number of amides is 2. The lowest BCUT2D eigenvalue weighted by Gasteiger charge is -2.46. The molecule has 1 fully saturated rings. The third-order valence-corrected chi connectivity index (χ3v) is 6.91. The van der Waals surface area contributed by atoms with E-state index in [0.29, 0.717) is 6.07 Å². The van der Waals surface area contributed by atoms with Crippen LogP contribution in [0.4, 0.5) is 20.6 Å².